The van der Waals surface area contributed by atoms with E-state index < -0.39 is 0 Å². The van der Waals surface area contributed by atoms with Gasteiger partial charge in [-0.1, -0.05) is 45.9 Å². The lowest BCUT2D eigenvalue weighted by atomic mass is 9.95. The van der Waals surface area contributed by atoms with Gasteiger partial charge >= 0.3 is 0 Å². The second-order valence-corrected chi connectivity index (χ2v) is 8.79. The average Bonchev–Trinajstić information content (AvgIpc) is 2.98. The maximum Gasteiger partial charge on any atom is 0.286 e. The molecule has 0 saturated heterocycles. The first kappa shape index (κ1) is 18.7. The van der Waals surface area contributed by atoms with Gasteiger partial charge in [-0.2, -0.15) is 4.57 Å². The third-order valence-corrected chi connectivity index (χ3v) is 5.81. The van der Waals surface area contributed by atoms with E-state index in [1.807, 2.05) is 0 Å². The molecular formula is C26H31N2+. The number of hydrogen-bond donors (Lipinski definition) is 0. The number of pyridine rings is 1. The molecule has 0 fully saturated rings. The molecule has 0 N–H and O–H groups in total. The lowest BCUT2D eigenvalue weighted by molar-refractivity contribution is -0.665. The second kappa shape index (κ2) is 7.09. The van der Waals surface area contributed by atoms with Crippen LogP contribution in [0.25, 0.3) is 27.6 Å². The highest BCUT2D eigenvalue weighted by molar-refractivity contribution is 6.10. The van der Waals surface area contributed by atoms with Crippen molar-refractivity contribution in [1.82, 2.24) is 4.57 Å². The fourth-order valence-corrected chi connectivity index (χ4v) is 4.52. The van der Waals surface area contributed by atoms with E-state index in [1.165, 1.54) is 44.3 Å². The van der Waals surface area contributed by atoms with Crippen LogP contribution in [0.5, 0.6) is 0 Å². The fourth-order valence-electron chi connectivity index (χ4n) is 4.52. The van der Waals surface area contributed by atoms with Crippen LogP contribution < -0.4 is 4.57 Å². The van der Waals surface area contributed by atoms with Gasteiger partial charge in [-0.05, 0) is 60.6 Å². The SMILES string of the molecule is Cc1c(C(C)C)ccc2c3ccccc3n(-c3cc(CC(C)C)cc[n+]3C)c12. The Kier molecular flexibility index (Phi) is 4.74. The highest BCUT2D eigenvalue weighted by Crippen LogP contribution is 2.36. The van der Waals surface area contributed by atoms with Gasteiger partial charge in [0.2, 0.25) is 0 Å². The fraction of sp³-hybridized carbons (Fsp3) is 0.346. The van der Waals surface area contributed by atoms with Gasteiger partial charge < -0.3 is 0 Å². The number of aromatic nitrogens is 2. The van der Waals surface area contributed by atoms with Gasteiger partial charge in [0.15, 0.2) is 0 Å². The van der Waals surface area contributed by atoms with Crippen molar-refractivity contribution in [1.29, 1.82) is 0 Å². The summed E-state index contributed by atoms with van der Waals surface area (Å²) in [4.78, 5) is 0. The van der Waals surface area contributed by atoms with Gasteiger partial charge in [-0.15, -0.1) is 0 Å². The lowest BCUT2D eigenvalue weighted by Gasteiger charge is -2.12. The maximum absolute atomic E-state index is 2.47. The molecule has 0 aliphatic rings. The molecule has 0 spiro atoms. The predicted octanol–water partition coefficient (Wildman–Crippen LogP) is 6.24. The summed E-state index contributed by atoms with van der Waals surface area (Å²) < 4.78 is 4.72. The van der Waals surface area contributed by atoms with Crippen LogP contribution in [-0.2, 0) is 13.5 Å². The first-order valence-corrected chi connectivity index (χ1v) is 10.4. The van der Waals surface area contributed by atoms with E-state index in [2.05, 4.69) is 106 Å². The van der Waals surface area contributed by atoms with Crippen LogP contribution in [0.15, 0.2) is 54.7 Å². The van der Waals surface area contributed by atoms with Crippen molar-refractivity contribution in [2.45, 2.75) is 47.0 Å². The molecule has 144 valence electrons. The van der Waals surface area contributed by atoms with E-state index in [4.69, 9.17) is 0 Å². The first-order chi connectivity index (χ1) is 13.4. The molecule has 0 bridgehead atoms. The van der Waals surface area contributed by atoms with Crippen molar-refractivity contribution < 1.29 is 4.57 Å². The number of nitrogens with zero attached hydrogens (tertiary/aromatic N) is 2. The van der Waals surface area contributed by atoms with E-state index in [9.17, 15) is 0 Å². The third kappa shape index (κ3) is 3.01. The van der Waals surface area contributed by atoms with Crippen molar-refractivity contribution in [3.63, 3.8) is 0 Å². The van der Waals surface area contributed by atoms with Gasteiger partial charge in [0, 0.05) is 22.4 Å². The smallest absolute Gasteiger partial charge is 0.237 e. The van der Waals surface area contributed by atoms with Crippen LogP contribution in [0.3, 0.4) is 0 Å². The van der Waals surface area contributed by atoms with Crippen LogP contribution in [0.1, 0.15) is 50.3 Å². The normalized spacial score (nSPS) is 12.0. The summed E-state index contributed by atoms with van der Waals surface area (Å²) in [5.41, 5.74) is 6.82. The second-order valence-electron chi connectivity index (χ2n) is 8.79. The summed E-state index contributed by atoms with van der Waals surface area (Å²) in [5.74, 6) is 2.39. The van der Waals surface area contributed by atoms with E-state index >= 15 is 0 Å². The molecule has 0 amide bonds. The number of aryl methyl sites for hydroxylation is 2. The molecule has 4 rings (SSSR count). The molecule has 0 aliphatic carbocycles. The highest BCUT2D eigenvalue weighted by Gasteiger charge is 2.24. The number of fused-ring (bicyclic) bond motifs is 3. The standard InChI is InChI=1S/C26H31N2/c1-17(2)15-20-13-14-27(6)25(16-20)28-24-10-8-7-9-22(24)23-12-11-21(18(3)4)19(5)26(23)28/h7-14,16-18H,15H2,1-6H3/q+1. The summed E-state index contributed by atoms with van der Waals surface area (Å²) in [6.45, 7) is 11.4. The summed E-state index contributed by atoms with van der Waals surface area (Å²) in [7, 11) is 2.15. The van der Waals surface area contributed by atoms with E-state index in [0.29, 0.717) is 11.8 Å². The third-order valence-electron chi connectivity index (χ3n) is 5.81. The Morgan fingerprint density at radius 3 is 2.39 bits per heavy atom. The topological polar surface area (TPSA) is 8.81 Å². The molecule has 2 heterocycles. The Bertz CT molecular complexity index is 1160. The molecule has 0 radical (unpaired) electrons. The van der Waals surface area contributed by atoms with Gasteiger partial charge in [0.05, 0.1) is 13.2 Å². The number of rotatable bonds is 4. The highest BCUT2D eigenvalue weighted by atomic mass is 15.1. The Balaban J connectivity index is 2.12. The van der Waals surface area contributed by atoms with E-state index in [1.54, 1.807) is 0 Å². The van der Waals surface area contributed by atoms with Crippen molar-refractivity contribution in [3.05, 3.63) is 71.4 Å². The Hall–Kier alpha value is -2.61. The van der Waals surface area contributed by atoms with Crippen LogP contribution in [0.2, 0.25) is 0 Å². The zero-order valence-corrected chi connectivity index (χ0v) is 18.0. The van der Waals surface area contributed by atoms with Crippen LogP contribution in [0, 0.1) is 12.8 Å². The van der Waals surface area contributed by atoms with Crippen LogP contribution >= 0.6 is 0 Å². The zero-order valence-electron chi connectivity index (χ0n) is 18.0. The largest absolute Gasteiger partial charge is 0.286 e. The zero-order chi connectivity index (χ0) is 20.0. The number of para-hydroxylation sites is 1. The average molecular weight is 372 g/mol. The predicted molar refractivity (Wildman–Crippen MR) is 119 cm³/mol. The minimum Gasteiger partial charge on any atom is -0.237 e. The van der Waals surface area contributed by atoms with E-state index in [-0.39, 0.29) is 0 Å². The molecule has 28 heavy (non-hydrogen) atoms. The first-order valence-electron chi connectivity index (χ1n) is 10.4. The summed E-state index contributed by atoms with van der Waals surface area (Å²) in [6.07, 6.45) is 3.30. The summed E-state index contributed by atoms with van der Waals surface area (Å²) in [6, 6.07) is 18.0. The molecule has 4 aromatic rings. The van der Waals surface area contributed by atoms with Crippen molar-refractivity contribution in [2.75, 3.05) is 0 Å². The van der Waals surface area contributed by atoms with Gasteiger partial charge in [0.25, 0.3) is 5.82 Å². The van der Waals surface area contributed by atoms with Gasteiger partial charge in [-0.3, -0.25) is 0 Å². The van der Waals surface area contributed by atoms with Crippen LogP contribution in [0.4, 0.5) is 0 Å². The molecule has 0 unspecified atom stereocenters. The Morgan fingerprint density at radius 2 is 1.68 bits per heavy atom. The monoisotopic (exact) mass is 371 g/mol. The minimum absolute atomic E-state index is 0.511. The molecule has 0 aliphatic heterocycles. The van der Waals surface area contributed by atoms with Crippen molar-refractivity contribution >= 4 is 21.8 Å². The summed E-state index contributed by atoms with van der Waals surface area (Å²) in [5, 5.41) is 2.66. The minimum atomic E-state index is 0.511. The molecule has 0 saturated carbocycles. The molecular weight excluding hydrogens is 340 g/mol. The van der Waals surface area contributed by atoms with Gasteiger partial charge in [0.1, 0.15) is 11.0 Å². The van der Waals surface area contributed by atoms with E-state index in [0.717, 1.165) is 6.42 Å². The number of hydrogen-bond acceptors (Lipinski definition) is 0. The Labute approximate surface area is 168 Å². The maximum atomic E-state index is 2.47. The quantitative estimate of drug-likeness (QED) is 0.376. The summed E-state index contributed by atoms with van der Waals surface area (Å²) >= 11 is 0. The van der Waals surface area contributed by atoms with Crippen molar-refractivity contribution in [2.24, 2.45) is 13.0 Å². The van der Waals surface area contributed by atoms with Crippen LogP contribution in [-0.4, -0.2) is 4.57 Å². The molecule has 0 atom stereocenters. The molecule has 2 heteroatoms. The Morgan fingerprint density at radius 1 is 0.929 bits per heavy atom. The molecule has 2 aromatic heterocycles. The molecule has 2 aromatic carbocycles. The molecule has 2 nitrogen and oxygen atoms in total. The lowest BCUT2D eigenvalue weighted by Crippen LogP contribution is -2.33. The number of benzene rings is 2. The van der Waals surface area contributed by atoms with Crippen molar-refractivity contribution in [3.8, 4) is 5.82 Å². The van der Waals surface area contributed by atoms with Gasteiger partial charge in [-0.25, -0.2) is 4.57 Å².